The molecule has 18 heavy (non-hydrogen) atoms. The van der Waals surface area contributed by atoms with E-state index in [0.717, 1.165) is 12.8 Å². The molecule has 104 valence electrons. The summed E-state index contributed by atoms with van der Waals surface area (Å²) in [6, 6.07) is 0.00124. The van der Waals surface area contributed by atoms with Crippen molar-refractivity contribution < 1.29 is 5.11 Å². The molecule has 1 aliphatic heterocycles. The predicted molar refractivity (Wildman–Crippen MR) is 72.7 cm³/mol. The van der Waals surface area contributed by atoms with E-state index in [0.29, 0.717) is 6.67 Å². The largest absolute Gasteiger partial charge is 0.377 e. The van der Waals surface area contributed by atoms with Crippen molar-refractivity contribution in [1.29, 1.82) is 0 Å². The van der Waals surface area contributed by atoms with E-state index < -0.39 is 6.23 Å². The molecule has 2 aliphatic rings. The average molecular weight is 254 g/mol. The molecule has 0 saturated carbocycles. The summed E-state index contributed by atoms with van der Waals surface area (Å²) in [7, 11) is 1.92. The van der Waals surface area contributed by atoms with Crippen LogP contribution in [0, 0.1) is 0 Å². The lowest BCUT2D eigenvalue weighted by Gasteiger charge is -2.29. The van der Waals surface area contributed by atoms with Crippen molar-refractivity contribution in [3.8, 4) is 0 Å². The molecule has 5 heteroatoms. The van der Waals surface area contributed by atoms with E-state index in [2.05, 4.69) is 27.3 Å². The molecule has 0 bridgehead atoms. The Morgan fingerprint density at radius 3 is 2.83 bits per heavy atom. The summed E-state index contributed by atoms with van der Waals surface area (Å²) >= 11 is 0. The van der Waals surface area contributed by atoms with E-state index in [4.69, 9.17) is 0 Å². The lowest BCUT2D eigenvalue weighted by atomic mass is 10.0. The van der Waals surface area contributed by atoms with Gasteiger partial charge in [-0.15, -0.1) is 0 Å². The molecule has 1 aliphatic carbocycles. The van der Waals surface area contributed by atoms with Crippen LogP contribution in [0.2, 0.25) is 0 Å². The van der Waals surface area contributed by atoms with Crippen LogP contribution in [0.4, 0.5) is 0 Å². The van der Waals surface area contributed by atoms with E-state index in [1.54, 1.807) is 0 Å². The zero-order valence-electron chi connectivity index (χ0n) is 11.2. The van der Waals surface area contributed by atoms with Gasteiger partial charge in [-0.3, -0.25) is 16.0 Å². The van der Waals surface area contributed by atoms with E-state index in [1.807, 2.05) is 7.05 Å². The Kier molecular flexibility index (Phi) is 5.44. The molecule has 5 N–H and O–H groups in total. The Morgan fingerprint density at radius 1 is 1.28 bits per heavy atom. The van der Waals surface area contributed by atoms with Crippen molar-refractivity contribution in [2.75, 3.05) is 13.7 Å². The van der Waals surface area contributed by atoms with Crippen molar-refractivity contribution in [1.82, 2.24) is 21.3 Å². The minimum atomic E-state index is -0.496. The van der Waals surface area contributed by atoms with Gasteiger partial charge in [-0.05, 0) is 32.7 Å². The van der Waals surface area contributed by atoms with Crippen molar-refractivity contribution in [3.05, 3.63) is 11.8 Å². The molecule has 0 aromatic carbocycles. The Hall–Kier alpha value is -0.620. The quantitative estimate of drug-likeness (QED) is 0.464. The minimum Gasteiger partial charge on any atom is -0.377 e. The molecule has 0 aromatic rings. The molecule has 5 nitrogen and oxygen atoms in total. The first-order valence-corrected chi connectivity index (χ1v) is 7.09. The van der Waals surface area contributed by atoms with Crippen LogP contribution in [-0.4, -0.2) is 37.3 Å². The summed E-state index contributed by atoms with van der Waals surface area (Å²) in [5.41, 5.74) is 1.31. The Bertz CT molecular complexity index is 282. The van der Waals surface area contributed by atoms with Crippen molar-refractivity contribution in [2.45, 2.75) is 57.0 Å². The topological polar surface area (TPSA) is 68.3 Å². The van der Waals surface area contributed by atoms with Crippen LogP contribution >= 0.6 is 0 Å². The Labute approximate surface area is 109 Å². The smallest absolute Gasteiger partial charge is 0.124 e. The van der Waals surface area contributed by atoms with E-state index in [9.17, 15) is 5.11 Å². The summed E-state index contributed by atoms with van der Waals surface area (Å²) in [5.74, 6) is 0. The van der Waals surface area contributed by atoms with Gasteiger partial charge in [0, 0.05) is 12.4 Å². The number of rotatable bonds is 4. The lowest BCUT2D eigenvalue weighted by molar-refractivity contribution is 0.117. The van der Waals surface area contributed by atoms with E-state index in [1.165, 1.54) is 31.4 Å². The minimum absolute atomic E-state index is 0.00124. The third kappa shape index (κ3) is 3.68. The molecule has 1 heterocycles. The van der Waals surface area contributed by atoms with Gasteiger partial charge in [-0.2, -0.15) is 0 Å². The standard InChI is InChI=1S/C13H26N4O/c1-14-12(11-13(18)16-9-15-11)17-10-7-5-3-2-4-6-8-10/h7,11-18H,2-6,8-9H2,1H3/b10-7+. The molecular weight excluding hydrogens is 228 g/mol. The fourth-order valence-corrected chi connectivity index (χ4v) is 2.68. The number of hydrogen-bond donors (Lipinski definition) is 5. The highest BCUT2D eigenvalue weighted by molar-refractivity contribution is 5.04. The van der Waals surface area contributed by atoms with Gasteiger partial charge in [0.2, 0.25) is 0 Å². The molecule has 0 radical (unpaired) electrons. The second kappa shape index (κ2) is 7.09. The highest BCUT2D eigenvalue weighted by Crippen LogP contribution is 2.16. The molecule has 0 spiro atoms. The number of aliphatic hydroxyl groups excluding tert-OH is 1. The maximum absolute atomic E-state index is 9.85. The summed E-state index contributed by atoms with van der Waals surface area (Å²) in [5, 5.41) is 22.9. The van der Waals surface area contributed by atoms with Gasteiger partial charge in [0.1, 0.15) is 6.23 Å². The van der Waals surface area contributed by atoms with Crippen LogP contribution in [0.3, 0.4) is 0 Å². The van der Waals surface area contributed by atoms with Crippen LogP contribution in [0.5, 0.6) is 0 Å². The highest BCUT2D eigenvalue weighted by atomic mass is 16.3. The third-order valence-electron chi connectivity index (χ3n) is 3.79. The fourth-order valence-electron chi connectivity index (χ4n) is 2.68. The summed E-state index contributed by atoms with van der Waals surface area (Å²) in [6.07, 6.45) is 9.39. The molecule has 0 aromatic heterocycles. The second-order valence-electron chi connectivity index (χ2n) is 5.15. The summed E-state index contributed by atoms with van der Waals surface area (Å²) in [4.78, 5) is 0. The summed E-state index contributed by atoms with van der Waals surface area (Å²) in [6.45, 7) is 0.657. The molecule has 1 fully saturated rings. The Morgan fingerprint density at radius 2 is 2.11 bits per heavy atom. The Balaban J connectivity index is 1.91. The van der Waals surface area contributed by atoms with Gasteiger partial charge in [-0.25, -0.2) is 0 Å². The van der Waals surface area contributed by atoms with Crippen molar-refractivity contribution >= 4 is 0 Å². The number of nitrogens with one attached hydrogen (secondary N) is 4. The highest BCUT2D eigenvalue weighted by Gasteiger charge is 2.31. The number of likely N-dealkylation sites (N-methyl/N-ethyl adjacent to an activating group) is 1. The summed E-state index contributed by atoms with van der Waals surface area (Å²) < 4.78 is 0. The van der Waals surface area contributed by atoms with Gasteiger partial charge in [-0.1, -0.05) is 18.9 Å². The van der Waals surface area contributed by atoms with Crippen LogP contribution in [-0.2, 0) is 0 Å². The lowest BCUT2D eigenvalue weighted by Crippen LogP contribution is -2.56. The van der Waals surface area contributed by atoms with Crippen LogP contribution in [0.15, 0.2) is 11.8 Å². The predicted octanol–water partition coefficient (Wildman–Crippen LogP) is 0.197. The van der Waals surface area contributed by atoms with Gasteiger partial charge in [0.15, 0.2) is 0 Å². The second-order valence-corrected chi connectivity index (χ2v) is 5.15. The molecule has 0 amide bonds. The van der Waals surface area contributed by atoms with Gasteiger partial charge in [0.25, 0.3) is 0 Å². The first-order chi connectivity index (χ1) is 8.81. The van der Waals surface area contributed by atoms with Crippen LogP contribution in [0.25, 0.3) is 0 Å². The maximum atomic E-state index is 9.85. The monoisotopic (exact) mass is 254 g/mol. The van der Waals surface area contributed by atoms with Gasteiger partial charge in [0.05, 0.1) is 12.2 Å². The van der Waals surface area contributed by atoms with Crippen molar-refractivity contribution in [2.24, 2.45) is 0 Å². The first kappa shape index (κ1) is 13.8. The maximum Gasteiger partial charge on any atom is 0.124 e. The average Bonchev–Trinajstić information content (AvgIpc) is 2.74. The SMILES string of the molecule is CNC(N/C1=C/CCCCCC1)C1NCNC1O. The first-order valence-electron chi connectivity index (χ1n) is 7.09. The van der Waals surface area contributed by atoms with Crippen LogP contribution in [0.1, 0.15) is 38.5 Å². The third-order valence-corrected chi connectivity index (χ3v) is 3.79. The number of hydrogen-bond acceptors (Lipinski definition) is 5. The normalized spacial score (nSPS) is 34.2. The van der Waals surface area contributed by atoms with E-state index in [-0.39, 0.29) is 12.2 Å². The molecule has 3 unspecified atom stereocenters. The molecule has 1 saturated heterocycles. The zero-order chi connectivity index (χ0) is 12.8. The van der Waals surface area contributed by atoms with E-state index >= 15 is 0 Å². The van der Waals surface area contributed by atoms with Gasteiger partial charge >= 0.3 is 0 Å². The number of allylic oxidation sites excluding steroid dienone is 2. The number of aliphatic hydroxyl groups is 1. The molecular formula is C13H26N4O. The van der Waals surface area contributed by atoms with Crippen molar-refractivity contribution in [3.63, 3.8) is 0 Å². The molecule has 3 atom stereocenters. The molecule has 2 rings (SSSR count). The van der Waals surface area contributed by atoms with Gasteiger partial charge < -0.3 is 10.4 Å². The fraction of sp³-hybridized carbons (Fsp3) is 0.846. The van der Waals surface area contributed by atoms with Crippen LogP contribution < -0.4 is 21.3 Å². The zero-order valence-corrected chi connectivity index (χ0v) is 11.2.